The highest BCUT2D eigenvalue weighted by Gasteiger charge is 2.38. The first-order valence-corrected chi connectivity index (χ1v) is 7.70. The Hall–Kier alpha value is -3.02. The lowest BCUT2D eigenvalue weighted by Crippen LogP contribution is -2.42. The standard InChI is InChI=1S/C18H18N2O4/c21-14-8-4-7-13(11-14)16(12-5-2-1-3-6-12)20-10-9-15(17(20)22)19-18(23)24/h1-8,11,15-16,19,21H,9-10H2,(H,23,24). The predicted molar refractivity (Wildman–Crippen MR) is 87.7 cm³/mol. The second-order valence-corrected chi connectivity index (χ2v) is 5.73. The molecule has 1 aliphatic heterocycles. The quantitative estimate of drug-likeness (QED) is 0.804. The molecule has 2 aromatic rings. The minimum absolute atomic E-state index is 0.125. The van der Waals surface area contributed by atoms with Gasteiger partial charge in [-0.15, -0.1) is 0 Å². The Labute approximate surface area is 139 Å². The van der Waals surface area contributed by atoms with Crippen LogP contribution in [0.2, 0.25) is 0 Å². The molecule has 1 heterocycles. The van der Waals surface area contributed by atoms with Gasteiger partial charge in [-0.3, -0.25) is 4.79 Å². The van der Waals surface area contributed by atoms with Crippen molar-refractivity contribution in [2.24, 2.45) is 0 Å². The molecule has 0 aliphatic carbocycles. The molecule has 3 N–H and O–H groups in total. The number of benzene rings is 2. The second-order valence-electron chi connectivity index (χ2n) is 5.73. The maximum absolute atomic E-state index is 12.7. The second kappa shape index (κ2) is 6.62. The summed E-state index contributed by atoms with van der Waals surface area (Å²) in [5.74, 6) is -0.130. The van der Waals surface area contributed by atoms with Gasteiger partial charge in [0.1, 0.15) is 11.8 Å². The highest BCUT2D eigenvalue weighted by Crippen LogP contribution is 2.33. The number of nitrogens with zero attached hydrogens (tertiary/aromatic N) is 1. The van der Waals surface area contributed by atoms with Crippen LogP contribution in [-0.2, 0) is 4.79 Å². The van der Waals surface area contributed by atoms with E-state index < -0.39 is 12.1 Å². The van der Waals surface area contributed by atoms with Crippen molar-refractivity contribution in [1.29, 1.82) is 0 Å². The molecule has 6 heteroatoms. The summed E-state index contributed by atoms with van der Waals surface area (Å²) >= 11 is 0. The van der Waals surface area contributed by atoms with Crippen molar-refractivity contribution in [3.63, 3.8) is 0 Å². The lowest BCUT2D eigenvalue weighted by Gasteiger charge is -2.29. The molecule has 0 radical (unpaired) electrons. The largest absolute Gasteiger partial charge is 0.508 e. The van der Waals surface area contributed by atoms with Gasteiger partial charge in [0.25, 0.3) is 0 Å². The smallest absolute Gasteiger partial charge is 0.405 e. The van der Waals surface area contributed by atoms with Crippen LogP contribution in [0.1, 0.15) is 23.6 Å². The van der Waals surface area contributed by atoms with Crippen molar-refractivity contribution in [2.45, 2.75) is 18.5 Å². The van der Waals surface area contributed by atoms with Crippen LogP contribution in [0.15, 0.2) is 54.6 Å². The summed E-state index contributed by atoms with van der Waals surface area (Å²) in [6.07, 6.45) is -0.781. The summed E-state index contributed by atoms with van der Waals surface area (Å²) in [5.41, 5.74) is 1.69. The Morgan fingerprint density at radius 1 is 1.12 bits per heavy atom. The molecule has 6 nitrogen and oxygen atoms in total. The molecular formula is C18H18N2O4. The van der Waals surface area contributed by atoms with Crippen LogP contribution in [0, 0.1) is 0 Å². The number of amides is 2. The third kappa shape index (κ3) is 3.17. The van der Waals surface area contributed by atoms with Crippen molar-refractivity contribution in [3.05, 3.63) is 65.7 Å². The number of phenolic OH excluding ortho intramolecular Hbond substituents is 1. The Morgan fingerprint density at radius 2 is 1.83 bits per heavy atom. The number of carbonyl (C=O) groups is 2. The van der Waals surface area contributed by atoms with Crippen LogP contribution in [-0.4, -0.2) is 39.7 Å². The normalized spacial score (nSPS) is 18.4. The molecule has 2 atom stereocenters. The fraction of sp³-hybridized carbons (Fsp3) is 0.222. The fourth-order valence-electron chi connectivity index (χ4n) is 3.12. The number of nitrogens with one attached hydrogen (secondary N) is 1. The van der Waals surface area contributed by atoms with Crippen molar-refractivity contribution in [2.75, 3.05) is 6.54 Å². The van der Waals surface area contributed by atoms with Crippen molar-refractivity contribution < 1.29 is 19.8 Å². The zero-order valence-corrected chi connectivity index (χ0v) is 12.9. The van der Waals surface area contributed by atoms with E-state index in [2.05, 4.69) is 5.32 Å². The zero-order valence-electron chi connectivity index (χ0n) is 12.9. The van der Waals surface area contributed by atoms with Gasteiger partial charge in [-0.2, -0.15) is 0 Å². The van der Waals surface area contributed by atoms with Gasteiger partial charge in [-0.25, -0.2) is 4.79 Å². The molecule has 124 valence electrons. The monoisotopic (exact) mass is 326 g/mol. The van der Waals surface area contributed by atoms with E-state index in [4.69, 9.17) is 5.11 Å². The average Bonchev–Trinajstić information content (AvgIpc) is 2.90. The number of aromatic hydroxyl groups is 1. The Kier molecular flexibility index (Phi) is 4.37. The summed E-state index contributed by atoms with van der Waals surface area (Å²) in [6.45, 7) is 0.443. The Balaban J connectivity index is 1.97. The van der Waals surface area contributed by atoms with E-state index in [9.17, 15) is 14.7 Å². The van der Waals surface area contributed by atoms with E-state index in [0.717, 1.165) is 11.1 Å². The average molecular weight is 326 g/mol. The van der Waals surface area contributed by atoms with Crippen LogP contribution in [0.4, 0.5) is 4.79 Å². The van der Waals surface area contributed by atoms with Gasteiger partial charge >= 0.3 is 6.09 Å². The van der Waals surface area contributed by atoms with Crippen LogP contribution in [0.3, 0.4) is 0 Å². The van der Waals surface area contributed by atoms with Gasteiger partial charge in [0, 0.05) is 6.54 Å². The Morgan fingerprint density at radius 3 is 2.50 bits per heavy atom. The fourth-order valence-corrected chi connectivity index (χ4v) is 3.12. The third-order valence-electron chi connectivity index (χ3n) is 4.15. The van der Waals surface area contributed by atoms with E-state index in [1.54, 1.807) is 23.1 Å². The summed E-state index contributed by atoms with van der Waals surface area (Å²) in [7, 11) is 0. The van der Waals surface area contributed by atoms with E-state index in [0.29, 0.717) is 13.0 Å². The van der Waals surface area contributed by atoms with E-state index in [1.165, 1.54) is 0 Å². The molecule has 0 aromatic heterocycles. The molecule has 0 spiro atoms. The number of hydrogen-bond donors (Lipinski definition) is 3. The minimum Gasteiger partial charge on any atom is -0.508 e. The summed E-state index contributed by atoms with van der Waals surface area (Å²) < 4.78 is 0. The third-order valence-corrected chi connectivity index (χ3v) is 4.15. The van der Waals surface area contributed by atoms with E-state index in [-0.39, 0.29) is 17.7 Å². The molecular weight excluding hydrogens is 308 g/mol. The van der Waals surface area contributed by atoms with E-state index in [1.807, 2.05) is 36.4 Å². The number of phenols is 1. The first-order chi connectivity index (χ1) is 11.6. The number of hydrogen-bond acceptors (Lipinski definition) is 3. The predicted octanol–water partition coefficient (Wildman–Crippen LogP) is 2.35. The van der Waals surface area contributed by atoms with Crippen molar-refractivity contribution in [1.82, 2.24) is 10.2 Å². The molecule has 3 rings (SSSR count). The van der Waals surface area contributed by atoms with Crippen molar-refractivity contribution >= 4 is 12.0 Å². The first-order valence-electron chi connectivity index (χ1n) is 7.70. The Bertz CT molecular complexity index is 748. The molecule has 1 fully saturated rings. The molecule has 2 aromatic carbocycles. The number of carbonyl (C=O) groups excluding carboxylic acids is 1. The SMILES string of the molecule is O=C(O)NC1CCN(C(c2ccccc2)c2cccc(O)c2)C1=O. The number of rotatable bonds is 4. The minimum atomic E-state index is -1.20. The van der Waals surface area contributed by atoms with Gasteiger partial charge in [-0.1, -0.05) is 42.5 Å². The lowest BCUT2D eigenvalue weighted by atomic mass is 9.97. The highest BCUT2D eigenvalue weighted by molar-refractivity contribution is 5.87. The molecule has 1 saturated heterocycles. The molecule has 0 bridgehead atoms. The molecule has 24 heavy (non-hydrogen) atoms. The zero-order chi connectivity index (χ0) is 17.1. The first kappa shape index (κ1) is 15.9. The molecule has 2 unspecified atom stereocenters. The molecule has 1 aliphatic rings. The van der Waals surface area contributed by atoms with Gasteiger partial charge in [0.15, 0.2) is 0 Å². The van der Waals surface area contributed by atoms with Crippen LogP contribution < -0.4 is 5.32 Å². The van der Waals surface area contributed by atoms with Gasteiger partial charge < -0.3 is 20.4 Å². The number of carboxylic acid groups (broad SMARTS) is 1. The van der Waals surface area contributed by atoms with Crippen LogP contribution >= 0.6 is 0 Å². The molecule has 0 saturated carbocycles. The van der Waals surface area contributed by atoms with Crippen LogP contribution in [0.25, 0.3) is 0 Å². The van der Waals surface area contributed by atoms with Crippen molar-refractivity contribution in [3.8, 4) is 5.75 Å². The lowest BCUT2D eigenvalue weighted by molar-refractivity contribution is -0.130. The maximum Gasteiger partial charge on any atom is 0.405 e. The van der Waals surface area contributed by atoms with Gasteiger partial charge in [0.2, 0.25) is 5.91 Å². The van der Waals surface area contributed by atoms with E-state index >= 15 is 0 Å². The topological polar surface area (TPSA) is 89.9 Å². The number of likely N-dealkylation sites (tertiary alicyclic amines) is 1. The summed E-state index contributed by atoms with van der Waals surface area (Å²) in [6, 6.07) is 15.2. The van der Waals surface area contributed by atoms with Crippen LogP contribution in [0.5, 0.6) is 5.75 Å². The highest BCUT2D eigenvalue weighted by atomic mass is 16.4. The summed E-state index contributed by atoms with van der Waals surface area (Å²) in [4.78, 5) is 25.2. The maximum atomic E-state index is 12.7. The van der Waals surface area contributed by atoms with Gasteiger partial charge in [0.05, 0.1) is 6.04 Å². The summed E-state index contributed by atoms with van der Waals surface area (Å²) in [5, 5.41) is 20.9. The van der Waals surface area contributed by atoms with Gasteiger partial charge in [-0.05, 0) is 29.7 Å². The molecule has 2 amide bonds.